The molecule has 3 nitrogen and oxygen atoms in total. The smallest absolute Gasteiger partial charge is 0.266 e. The van der Waals surface area contributed by atoms with Crippen LogP contribution in [0.25, 0.3) is 0 Å². The zero-order chi connectivity index (χ0) is 14.7. The zero-order valence-corrected chi connectivity index (χ0v) is 11.5. The molecule has 1 atom stereocenters. The molecule has 1 N–H and O–H groups in total. The first-order chi connectivity index (χ1) is 10.2. The van der Waals surface area contributed by atoms with E-state index >= 15 is 0 Å². The number of benzene rings is 2. The van der Waals surface area contributed by atoms with Crippen molar-refractivity contribution in [1.82, 2.24) is 5.32 Å². The monoisotopic (exact) mass is 285 g/mol. The molecule has 4 heteroatoms. The topological polar surface area (TPSA) is 38.3 Å². The van der Waals surface area contributed by atoms with Gasteiger partial charge in [0.05, 0.1) is 0 Å². The van der Waals surface area contributed by atoms with Crippen LogP contribution in [-0.4, -0.2) is 11.9 Å². The second kappa shape index (κ2) is 5.95. The second-order valence-electron chi connectivity index (χ2n) is 5.15. The summed E-state index contributed by atoms with van der Waals surface area (Å²) in [5.74, 6) is -0.232. The van der Waals surface area contributed by atoms with Gasteiger partial charge < -0.3 is 10.1 Å². The molecule has 2 aromatic carbocycles. The summed E-state index contributed by atoms with van der Waals surface area (Å²) in [6.45, 7) is 0. The van der Waals surface area contributed by atoms with E-state index in [1.54, 1.807) is 12.1 Å². The third-order valence-electron chi connectivity index (χ3n) is 3.31. The molecule has 1 saturated carbocycles. The average Bonchev–Trinajstić information content (AvgIpc) is 3.29. The molecular formula is C17H16FNO2. The molecule has 21 heavy (non-hydrogen) atoms. The van der Waals surface area contributed by atoms with Gasteiger partial charge in [-0.05, 0) is 25.0 Å². The van der Waals surface area contributed by atoms with E-state index in [-0.39, 0.29) is 17.8 Å². The fourth-order valence-electron chi connectivity index (χ4n) is 2.08. The maximum absolute atomic E-state index is 13.3. The molecule has 1 aliphatic carbocycles. The predicted octanol–water partition coefficient (Wildman–Crippen LogP) is 3.22. The van der Waals surface area contributed by atoms with Crippen molar-refractivity contribution in [2.24, 2.45) is 0 Å². The minimum atomic E-state index is -0.770. The van der Waals surface area contributed by atoms with Crippen LogP contribution in [0.2, 0.25) is 0 Å². The minimum Gasteiger partial charge on any atom is -0.476 e. The lowest BCUT2D eigenvalue weighted by atomic mass is 10.1. The van der Waals surface area contributed by atoms with E-state index < -0.39 is 6.10 Å². The lowest BCUT2D eigenvalue weighted by Crippen LogP contribution is -2.33. The number of rotatable bonds is 5. The largest absolute Gasteiger partial charge is 0.476 e. The van der Waals surface area contributed by atoms with Crippen LogP contribution >= 0.6 is 0 Å². The number of amides is 1. The molecule has 3 rings (SSSR count). The Labute approximate surface area is 122 Å². The number of hydrogen-bond acceptors (Lipinski definition) is 2. The summed E-state index contributed by atoms with van der Waals surface area (Å²) in [5, 5.41) is 2.93. The number of halogens is 1. The number of carbonyl (C=O) groups excluding carboxylic acids is 1. The van der Waals surface area contributed by atoms with Gasteiger partial charge in [-0.2, -0.15) is 0 Å². The fourth-order valence-corrected chi connectivity index (χ4v) is 2.08. The summed E-state index contributed by atoms with van der Waals surface area (Å²) < 4.78 is 19.0. The molecule has 0 heterocycles. The predicted molar refractivity (Wildman–Crippen MR) is 77.4 cm³/mol. The highest BCUT2D eigenvalue weighted by atomic mass is 19.1. The molecule has 0 aromatic heterocycles. The summed E-state index contributed by atoms with van der Waals surface area (Å²) in [4.78, 5) is 12.4. The van der Waals surface area contributed by atoms with Crippen LogP contribution in [0.5, 0.6) is 5.75 Å². The zero-order valence-electron chi connectivity index (χ0n) is 11.5. The lowest BCUT2D eigenvalue weighted by molar-refractivity contribution is -0.128. The van der Waals surface area contributed by atoms with Crippen LogP contribution in [0.4, 0.5) is 4.39 Å². The summed E-state index contributed by atoms with van der Waals surface area (Å²) in [5.41, 5.74) is 0.750. The van der Waals surface area contributed by atoms with Gasteiger partial charge in [-0.25, -0.2) is 4.39 Å². The fraction of sp³-hybridized carbons (Fsp3) is 0.235. The quantitative estimate of drug-likeness (QED) is 0.916. The molecule has 0 unspecified atom stereocenters. The maximum Gasteiger partial charge on any atom is 0.266 e. The highest BCUT2D eigenvalue weighted by molar-refractivity contribution is 5.83. The summed E-state index contributed by atoms with van der Waals surface area (Å²) in [6, 6.07) is 15.3. The highest BCUT2D eigenvalue weighted by Crippen LogP contribution is 2.25. The lowest BCUT2D eigenvalue weighted by Gasteiger charge is -2.19. The van der Waals surface area contributed by atoms with Crippen LogP contribution in [0.3, 0.4) is 0 Å². The number of hydrogen-bond donors (Lipinski definition) is 1. The molecule has 0 bridgehead atoms. The molecule has 0 aliphatic heterocycles. The Kier molecular flexibility index (Phi) is 3.86. The standard InChI is InChI=1S/C17H16FNO2/c18-13-7-4-8-15(11-13)21-16(12-5-2-1-3-6-12)17(20)19-14-9-10-14/h1-8,11,14,16H,9-10H2,(H,19,20)/t16-/m1/s1. The van der Waals surface area contributed by atoms with Crippen LogP contribution < -0.4 is 10.1 Å². The van der Waals surface area contributed by atoms with Crippen LogP contribution in [0.15, 0.2) is 54.6 Å². The Hall–Kier alpha value is -2.36. The Morgan fingerprint density at radius 1 is 1.14 bits per heavy atom. The van der Waals surface area contributed by atoms with Gasteiger partial charge in [0, 0.05) is 17.7 Å². The molecule has 108 valence electrons. The van der Waals surface area contributed by atoms with Crippen LogP contribution in [0, 0.1) is 5.82 Å². The van der Waals surface area contributed by atoms with Crippen molar-refractivity contribution < 1.29 is 13.9 Å². The average molecular weight is 285 g/mol. The van der Waals surface area contributed by atoms with Crippen molar-refractivity contribution in [2.75, 3.05) is 0 Å². The minimum absolute atomic E-state index is 0.187. The second-order valence-corrected chi connectivity index (χ2v) is 5.15. The molecule has 0 saturated heterocycles. The first-order valence-electron chi connectivity index (χ1n) is 7.00. The third kappa shape index (κ3) is 3.60. The van der Waals surface area contributed by atoms with Gasteiger partial charge in [0.15, 0.2) is 0 Å². The van der Waals surface area contributed by atoms with Crippen molar-refractivity contribution in [2.45, 2.75) is 25.0 Å². The highest BCUT2D eigenvalue weighted by Gasteiger charge is 2.29. The molecule has 1 amide bonds. The Morgan fingerprint density at radius 3 is 2.57 bits per heavy atom. The van der Waals surface area contributed by atoms with Crippen molar-refractivity contribution in [3.8, 4) is 5.75 Å². The van der Waals surface area contributed by atoms with Crippen LogP contribution in [-0.2, 0) is 4.79 Å². The van der Waals surface area contributed by atoms with Gasteiger partial charge in [0.2, 0.25) is 6.10 Å². The van der Waals surface area contributed by atoms with E-state index in [1.807, 2.05) is 30.3 Å². The molecule has 0 spiro atoms. The number of ether oxygens (including phenoxy) is 1. The van der Waals surface area contributed by atoms with E-state index in [9.17, 15) is 9.18 Å². The van der Waals surface area contributed by atoms with Gasteiger partial charge in [-0.1, -0.05) is 36.4 Å². The Bertz CT molecular complexity index is 626. The normalized spacial score (nSPS) is 15.3. The van der Waals surface area contributed by atoms with Crippen molar-refractivity contribution in [3.63, 3.8) is 0 Å². The van der Waals surface area contributed by atoms with E-state index in [0.717, 1.165) is 18.4 Å². The van der Waals surface area contributed by atoms with Crippen molar-refractivity contribution >= 4 is 5.91 Å². The van der Waals surface area contributed by atoms with Gasteiger partial charge in [-0.3, -0.25) is 4.79 Å². The van der Waals surface area contributed by atoms with Crippen molar-refractivity contribution in [3.05, 3.63) is 66.0 Å². The van der Waals surface area contributed by atoms with E-state index in [0.29, 0.717) is 5.75 Å². The molecule has 1 fully saturated rings. The molecular weight excluding hydrogens is 269 g/mol. The SMILES string of the molecule is O=C(NC1CC1)[C@H](Oc1cccc(F)c1)c1ccccc1. The molecule has 1 aliphatic rings. The summed E-state index contributed by atoms with van der Waals surface area (Å²) in [6.07, 6.45) is 1.24. The number of carbonyl (C=O) groups is 1. The first-order valence-corrected chi connectivity index (χ1v) is 7.00. The first kappa shape index (κ1) is 13.6. The summed E-state index contributed by atoms with van der Waals surface area (Å²) in [7, 11) is 0. The summed E-state index contributed by atoms with van der Waals surface area (Å²) >= 11 is 0. The number of nitrogens with one attached hydrogen (secondary N) is 1. The third-order valence-corrected chi connectivity index (χ3v) is 3.31. The van der Waals surface area contributed by atoms with Crippen molar-refractivity contribution in [1.29, 1.82) is 0 Å². The van der Waals surface area contributed by atoms with Gasteiger partial charge in [0.25, 0.3) is 5.91 Å². The van der Waals surface area contributed by atoms with E-state index in [1.165, 1.54) is 12.1 Å². The van der Waals surface area contributed by atoms with Gasteiger partial charge in [0.1, 0.15) is 11.6 Å². The van der Waals surface area contributed by atoms with E-state index in [2.05, 4.69) is 5.32 Å². The van der Waals surface area contributed by atoms with E-state index in [4.69, 9.17) is 4.74 Å². The molecule has 0 radical (unpaired) electrons. The Balaban J connectivity index is 1.82. The van der Waals surface area contributed by atoms with Gasteiger partial charge >= 0.3 is 0 Å². The maximum atomic E-state index is 13.3. The van der Waals surface area contributed by atoms with Gasteiger partial charge in [-0.15, -0.1) is 0 Å². The van der Waals surface area contributed by atoms with Crippen LogP contribution in [0.1, 0.15) is 24.5 Å². The molecule has 2 aromatic rings. The Morgan fingerprint density at radius 2 is 1.90 bits per heavy atom.